The fraction of sp³-hybridized carbons (Fsp3) is 0.500. The van der Waals surface area contributed by atoms with Gasteiger partial charge in [0.15, 0.2) is 11.5 Å². The van der Waals surface area contributed by atoms with E-state index in [-0.39, 0.29) is 11.8 Å². The summed E-state index contributed by atoms with van der Waals surface area (Å²) in [6.45, 7) is 3.31. The first-order valence-corrected chi connectivity index (χ1v) is 6.62. The van der Waals surface area contributed by atoms with Crippen molar-refractivity contribution in [1.82, 2.24) is 15.1 Å². The van der Waals surface area contributed by atoms with Gasteiger partial charge in [0.2, 0.25) is 0 Å². The molecule has 1 amide bonds. The molecular weight excluding hydrogens is 240 g/mol. The summed E-state index contributed by atoms with van der Waals surface area (Å²) in [5.41, 5.74) is 0.401. The number of likely N-dealkylation sites (tertiary alicyclic amines) is 1. The topological polar surface area (TPSA) is 49.3 Å². The van der Waals surface area contributed by atoms with Crippen LogP contribution in [0.2, 0.25) is 0 Å². The lowest BCUT2D eigenvalue weighted by molar-refractivity contribution is 0.0572. The molecule has 2 aliphatic rings. The van der Waals surface area contributed by atoms with E-state index in [1.165, 1.54) is 12.8 Å². The molecule has 0 aromatic carbocycles. The van der Waals surface area contributed by atoms with Crippen molar-refractivity contribution in [3.63, 3.8) is 0 Å². The second-order valence-corrected chi connectivity index (χ2v) is 5.04. The van der Waals surface area contributed by atoms with Gasteiger partial charge in [0, 0.05) is 26.2 Å². The van der Waals surface area contributed by atoms with Crippen molar-refractivity contribution in [2.24, 2.45) is 5.92 Å². The molecule has 5 heteroatoms. The Morgan fingerprint density at radius 1 is 1.26 bits per heavy atom. The number of anilines is 1. The van der Waals surface area contributed by atoms with Crippen LogP contribution in [-0.4, -0.2) is 47.2 Å². The van der Waals surface area contributed by atoms with Gasteiger partial charge in [-0.05, 0) is 25.0 Å². The van der Waals surface area contributed by atoms with Gasteiger partial charge in [-0.1, -0.05) is 5.92 Å². The van der Waals surface area contributed by atoms with Gasteiger partial charge in [-0.25, -0.2) is 0 Å². The molecule has 0 spiro atoms. The van der Waals surface area contributed by atoms with Crippen molar-refractivity contribution >= 4 is 11.7 Å². The third-order valence-electron chi connectivity index (χ3n) is 3.70. The molecule has 0 saturated carbocycles. The Morgan fingerprint density at radius 3 is 2.58 bits per heavy atom. The quantitative estimate of drug-likeness (QED) is 0.734. The molecular formula is C14H16N4O. The number of nitrogens with zero attached hydrogens (tertiary/aromatic N) is 4. The van der Waals surface area contributed by atoms with Gasteiger partial charge in [0.1, 0.15) is 0 Å². The molecule has 2 aliphatic heterocycles. The molecule has 0 bridgehead atoms. The van der Waals surface area contributed by atoms with Gasteiger partial charge < -0.3 is 9.80 Å². The number of carbonyl (C=O) groups is 1. The van der Waals surface area contributed by atoms with Crippen molar-refractivity contribution < 1.29 is 4.79 Å². The highest BCUT2D eigenvalue weighted by Gasteiger charge is 2.30. The summed E-state index contributed by atoms with van der Waals surface area (Å²) >= 11 is 0. The Balaban J connectivity index is 1.66. The highest BCUT2D eigenvalue weighted by Crippen LogP contribution is 2.19. The van der Waals surface area contributed by atoms with Crippen LogP contribution >= 0.6 is 0 Å². The zero-order valence-electron chi connectivity index (χ0n) is 10.7. The first-order valence-electron chi connectivity index (χ1n) is 6.62. The van der Waals surface area contributed by atoms with Gasteiger partial charge >= 0.3 is 0 Å². The number of amides is 1. The van der Waals surface area contributed by atoms with E-state index in [0.29, 0.717) is 18.8 Å². The van der Waals surface area contributed by atoms with Gasteiger partial charge in [-0.3, -0.25) is 4.79 Å². The third-order valence-corrected chi connectivity index (χ3v) is 3.70. The largest absolute Gasteiger partial charge is 0.355 e. The molecule has 19 heavy (non-hydrogen) atoms. The molecule has 1 aromatic heterocycles. The molecule has 0 N–H and O–H groups in total. The van der Waals surface area contributed by atoms with Gasteiger partial charge in [0.25, 0.3) is 5.91 Å². The smallest absolute Gasteiger partial charge is 0.274 e. The van der Waals surface area contributed by atoms with E-state index in [1.807, 2.05) is 6.07 Å². The average Bonchev–Trinajstić information content (AvgIpc) is 2.91. The van der Waals surface area contributed by atoms with E-state index in [9.17, 15) is 4.79 Å². The van der Waals surface area contributed by atoms with E-state index >= 15 is 0 Å². The first kappa shape index (κ1) is 12.0. The van der Waals surface area contributed by atoms with Crippen LogP contribution in [0.15, 0.2) is 12.1 Å². The first-order chi connectivity index (χ1) is 9.28. The summed E-state index contributed by atoms with van der Waals surface area (Å²) in [6.07, 6.45) is 7.70. The Bertz CT molecular complexity index is 507. The van der Waals surface area contributed by atoms with Crippen molar-refractivity contribution in [1.29, 1.82) is 0 Å². The SMILES string of the molecule is C#CC1CN(C(=O)c2ccc(N3CCCC3)nn2)C1. The number of hydrogen-bond acceptors (Lipinski definition) is 4. The molecule has 0 atom stereocenters. The molecule has 5 nitrogen and oxygen atoms in total. The highest BCUT2D eigenvalue weighted by atomic mass is 16.2. The summed E-state index contributed by atoms with van der Waals surface area (Å²) in [4.78, 5) is 16.0. The Morgan fingerprint density at radius 2 is 2.00 bits per heavy atom. The summed E-state index contributed by atoms with van der Waals surface area (Å²) in [6, 6.07) is 3.64. The molecule has 0 aliphatic carbocycles. The molecule has 98 valence electrons. The Kier molecular flexibility index (Phi) is 3.08. The highest BCUT2D eigenvalue weighted by molar-refractivity contribution is 5.92. The fourth-order valence-corrected chi connectivity index (χ4v) is 2.47. The van der Waals surface area contributed by atoms with Crippen molar-refractivity contribution in [3.8, 4) is 12.3 Å². The van der Waals surface area contributed by atoms with Crippen LogP contribution in [0.4, 0.5) is 5.82 Å². The van der Waals surface area contributed by atoms with Gasteiger partial charge in [-0.15, -0.1) is 16.6 Å². The molecule has 2 fully saturated rings. The minimum absolute atomic E-state index is 0.0769. The molecule has 0 radical (unpaired) electrons. The van der Waals surface area contributed by atoms with Crippen molar-refractivity contribution in [3.05, 3.63) is 17.8 Å². The van der Waals surface area contributed by atoms with Crippen LogP contribution in [-0.2, 0) is 0 Å². The van der Waals surface area contributed by atoms with Gasteiger partial charge in [0.05, 0.1) is 5.92 Å². The average molecular weight is 256 g/mol. The van der Waals surface area contributed by atoms with E-state index in [4.69, 9.17) is 6.42 Å². The number of hydrogen-bond donors (Lipinski definition) is 0. The summed E-state index contributed by atoms with van der Waals surface area (Å²) < 4.78 is 0. The second kappa shape index (κ2) is 4.88. The molecule has 0 unspecified atom stereocenters. The molecule has 3 heterocycles. The Hall–Kier alpha value is -2.09. The van der Waals surface area contributed by atoms with E-state index < -0.39 is 0 Å². The predicted octanol–water partition coefficient (Wildman–Crippen LogP) is 0.782. The monoisotopic (exact) mass is 256 g/mol. The van der Waals surface area contributed by atoms with E-state index in [1.54, 1.807) is 11.0 Å². The normalized spacial score (nSPS) is 19.1. The Labute approximate surface area is 112 Å². The molecule has 3 rings (SSSR count). The lowest BCUT2D eigenvalue weighted by Gasteiger charge is -2.35. The molecule has 2 saturated heterocycles. The fourth-order valence-electron chi connectivity index (χ4n) is 2.47. The summed E-state index contributed by atoms with van der Waals surface area (Å²) in [5, 5.41) is 8.19. The number of terminal acetylenes is 1. The van der Waals surface area contributed by atoms with Crippen LogP contribution in [0, 0.1) is 18.3 Å². The van der Waals surface area contributed by atoms with E-state index in [0.717, 1.165) is 18.9 Å². The lowest BCUT2D eigenvalue weighted by atomic mass is 10.0. The van der Waals surface area contributed by atoms with Crippen molar-refractivity contribution in [2.45, 2.75) is 12.8 Å². The summed E-state index contributed by atoms with van der Waals surface area (Å²) in [5.74, 6) is 3.63. The number of aromatic nitrogens is 2. The van der Waals surface area contributed by atoms with Crippen LogP contribution in [0.25, 0.3) is 0 Å². The number of carbonyl (C=O) groups excluding carboxylic acids is 1. The van der Waals surface area contributed by atoms with Crippen LogP contribution in [0.1, 0.15) is 23.3 Å². The van der Waals surface area contributed by atoms with Crippen LogP contribution < -0.4 is 4.90 Å². The standard InChI is InChI=1S/C14H16N4O/c1-2-11-9-18(10-11)14(19)12-5-6-13(16-15-12)17-7-3-4-8-17/h1,5-6,11H,3-4,7-10H2. The van der Waals surface area contributed by atoms with Crippen LogP contribution in [0.5, 0.6) is 0 Å². The summed E-state index contributed by atoms with van der Waals surface area (Å²) in [7, 11) is 0. The predicted molar refractivity (Wildman–Crippen MR) is 71.7 cm³/mol. The minimum atomic E-state index is -0.0769. The van der Waals surface area contributed by atoms with E-state index in [2.05, 4.69) is 21.0 Å². The van der Waals surface area contributed by atoms with Crippen LogP contribution in [0.3, 0.4) is 0 Å². The van der Waals surface area contributed by atoms with Gasteiger partial charge in [-0.2, -0.15) is 0 Å². The maximum Gasteiger partial charge on any atom is 0.274 e. The lowest BCUT2D eigenvalue weighted by Crippen LogP contribution is -2.49. The zero-order chi connectivity index (χ0) is 13.2. The molecule has 1 aromatic rings. The number of rotatable bonds is 2. The maximum absolute atomic E-state index is 12.1. The zero-order valence-corrected chi connectivity index (χ0v) is 10.7. The minimum Gasteiger partial charge on any atom is -0.355 e. The van der Waals surface area contributed by atoms with Crippen molar-refractivity contribution in [2.75, 3.05) is 31.1 Å². The second-order valence-electron chi connectivity index (χ2n) is 5.04. The third kappa shape index (κ3) is 2.26. The maximum atomic E-state index is 12.1.